The minimum atomic E-state index is -0.625. The van der Waals surface area contributed by atoms with Gasteiger partial charge in [0.05, 0.1) is 7.11 Å². The van der Waals surface area contributed by atoms with Crippen molar-refractivity contribution in [3.63, 3.8) is 0 Å². The third-order valence-electron chi connectivity index (χ3n) is 3.85. The van der Waals surface area contributed by atoms with Crippen molar-refractivity contribution in [3.05, 3.63) is 62.1 Å². The second-order valence-corrected chi connectivity index (χ2v) is 6.34. The van der Waals surface area contributed by atoms with Crippen LogP contribution in [-0.2, 0) is 0 Å². The van der Waals surface area contributed by atoms with Crippen LogP contribution < -0.4 is 4.74 Å². The predicted octanol–water partition coefficient (Wildman–Crippen LogP) is 4.77. The molecule has 0 amide bonds. The van der Waals surface area contributed by atoms with Gasteiger partial charge in [0.25, 0.3) is 0 Å². The molecule has 112 valence electrons. The van der Waals surface area contributed by atoms with Gasteiger partial charge in [0.2, 0.25) is 0 Å². The highest BCUT2D eigenvalue weighted by atomic mass is 79.9. The summed E-state index contributed by atoms with van der Waals surface area (Å²) in [5, 5.41) is 10.7. The second kappa shape index (κ2) is 6.20. The van der Waals surface area contributed by atoms with Gasteiger partial charge >= 0.3 is 0 Å². The van der Waals surface area contributed by atoms with Crippen molar-refractivity contribution in [2.75, 3.05) is 7.11 Å². The zero-order valence-corrected chi connectivity index (χ0v) is 14.7. The molecular weight excluding hydrogens is 328 g/mol. The number of aliphatic hydroxyl groups excluding tert-OH is 1. The summed E-state index contributed by atoms with van der Waals surface area (Å²) < 4.78 is 6.43. The molecule has 1 atom stereocenters. The molecule has 2 nitrogen and oxygen atoms in total. The first-order chi connectivity index (χ1) is 9.85. The second-order valence-electron chi connectivity index (χ2n) is 5.55. The van der Waals surface area contributed by atoms with E-state index in [0.29, 0.717) is 0 Å². The third kappa shape index (κ3) is 3.14. The molecule has 0 saturated carbocycles. The van der Waals surface area contributed by atoms with Crippen molar-refractivity contribution in [2.45, 2.75) is 33.8 Å². The molecule has 2 aromatic rings. The van der Waals surface area contributed by atoms with E-state index in [1.807, 2.05) is 52.0 Å². The van der Waals surface area contributed by atoms with E-state index in [-0.39, 0.29) is 0 Å². The lowest BCUT2D eigenvalue weighted by Crippen LogP contribution is -2.04. The summed E-state index contributed by atoms with van der Waals surface area (Å²) in [5.41, 5.74) is 6.17. The topological polar surface area (TPSA) is 29.5 Å². The monoisotopic (exact) mass is 348 g/mol. The van der Waals surface area contributed by atoms with Gasteiger partial charge in [-0.1, -0.05) is 28.1 Å². The van der Waals surface area contributed by atoms with Crippen molar-refractivity contribution in [1.82, 2.24) is 0 Å². The van der Waals surface area contributed by atoms with Crippen molar-refractivity contribution in [1.29, 1.82) is 0 Å². The van der Waals surface area contributed by atoms with E-state index >= 15 is 0 Å². The Hall–Kier alpha value is -1.32. The van der Waals surface area contributed by atoms with Crippen molar-refractivity contribution < 1.29 is 9.84 Å². The molecule has 1 N–H and O–H groups in total. The van der Waals surface area contributed by atoms with E-state index in [1.165, 1.54) is 0 Å². The molecule has 0 spiro atoms. The van der Waals surface area contributed by atoms with Gasteiger partial charge in [0, 0.05) is 4.47 Å². The molecule has 0 fully saturated rings. The van der Waals surface area contributed by atoms with Crippen LogP contribution in [-0.4, -0.2) is 12.2 Å². The maximum atomic E-state index is 10.7. The van der Waals surface area contributed by atoms with Crippen LogP contribution >= 0.6 is 15.9 Å². The van der Waals surface area contributed by atoms with Gasteiger partial charge in [-0.3, -0.25) is 0 Å². The molecule has 0 aliphatic heterocycles. The Kier molecular flexibility index (Phi) is 4.74. The molecule has 0 aromatic heterocycles. The summed E-state index contributed by atoms with van der Waals surface area (Å²) >= 11 is 3.57. The number of methoxy groups -OCH3 is 1. The maximum absolute atomic E-state index is 10.7. The standard InChI is InChI=1S/C18H21BrO2/c1-10-9-16(21-5)11(2)8-15(10)18(20)14-6-12(3)17(19)13(4)7-14/h6-9,18,20H,1-5H3. The summed E-state index contributed by atoms with van der Waals surface area (Å²) in [6, 6.07) is 8.04. The van der Waals surface area contributed by atoms with Gasteiger partial charge in [-0.25, -0.2) is 0 Å². The van der Waals surface area contributed by atoms with Gasteiger partial charge in [0.15, 0.2) is 0 Å². The quantitative estimate of drug-likeness (QED) is 0.865. The largest absolute Gasteiger partial charge is 0.496 e. The van der Waals surface area contributed by atoms with Crippen LogP contribution in [0, 0.1) is 27.7 Å². The molecule has 21 heavy (non-hydrogen) atoms. The average molecular weight is 349 g/mol. The molecule has 0 saturated heterocycles. The minimum absolute atomic E-state index is 0.625. The van der Waals surface area contributed by atoms with E-state index in [9.17, 15) is 5.11 Å². The molecule has 3 heteroatoms. The van der Waals surface area contributed by atoms with Gasteiger partial charge in [-0.2, -0.15) is 0 Å². The fourth-order valence-corrected chi connectivity index (χ4v) is 2.87. The Balaban J connectivity index is 2.50. The van der Waals surface area contributed by atoms with Crippen LogP contribution in [0.4, 0.5) is 0 Å². The Labute approximate surface area is 134 Å². The van der Waals surface area contributed by atoms with Crippen LogP contribution in [0.25, 0.3) is 0 Å². The molecule has 2 rings (SSSR count). The van der Waals surface area contributed by atoms with Crippen molar-refractivity contribution >= 4 is 15.9 Å². The first-order valence-corrected chi connectivity index (χ1v) is 7.74. The number of ether oxygens (including phenoxy) is 1. The van der Waals surface area contributed by atoms with Gasteiger partial charge in [-0.15, -0.1) is 0 Å². The van der Waals surface area contributed by atoms with Crippen molar-refractivity contribution in [3.8, 4) is 5.75 Å². The zero-order chi connectivity index (χ0) is 15.7. The SMILES string of the molecule is COc1cc(C)c(C(O)c2cc(C)c(Br)c(C)c2)cc1C. The summed E-state index contributed by atoms with van der Waals surface area (Å²) in [6.07, 6.45) is -0.625. The fraction of sp³-hybridized carbons (Fsp3) is 0.333. The van der Waals surface area contributed by atoms with E-state index in [4.69, 9.17) is 4.74 Å². The lowest BCUT2D eigenvalue weighted by atomic mass is 9.93. The van der Waals surface area contributed by atoms with Gasteiger partial charge in [-0.05, 0) is 73.2 Å². The van der Waals surface area contributed by atoms with Crippen molar-refractivity contribution in [2.24, 2.45) is 0 Å². The summed E-state index contributed by atoms with van der Waals surface area (Å²) in [5.74, 6) is 0.853. The smallest absolute Gasteiger partial charge is 0.122 e. The summed E-state index contributed by atoms with van der Waals surface area (Å²) in [4.78, 5) is 0. The van der Waals surface area contributed by atoms with E-state index in [0.717, 1.165) is 43.6 Å². The fourth-order valence-electron chi connectivity index (χ4n) is 2.64. The first-order valence-electron chi connectivity index (χ1n) is 6.95. The van der Waals surface area contributed by atoms with Gasteiger partial charge < -0.3 is 9.84 Å². The highest BCUT2D eigenvalue weighted by Gasteiger charge is 2.16. The molecule has 0 aliphatic carbocycles. The summed E-state index contributed by atoms with van der Waals surface area (Å²) in [6.45, 7) is 8.07. The molecule has 0 heterocycles. The highest BCUT2D eigenvalue weighted by molar-refractivity contribution is 9.10. The lowest BCUT2D eigenvalue weighted by molar-refractivity contribution is 0.219. The summed E-state index contributed by atoms with van der Waals surface area (Å²) in [7, 11) is 1.67. The average Bonchev–Trinajstić information content (AvgIpc) is 2.45. The van der Waals surface area contributed by atoms with E-state index < -0.39 is 6.10 Å². The highest BCUT2D eigenvalue weighted by Crippen LogP contribution is 2.32. The van der Waals surface area contributed by atoms with Crippen LogP contribution in [0.1, 0.15) is 39.5 Å². The normalized spacial score (nSPS) is 12.3. The molecular formula is C18H21BrO2. The maximum Gasteiger partial charge on any atom is 0.122 e. The minimum Gasteiger partial charge on any atom is -0.496 e. The molecule has 2 aromatic carbocycles. The number of benzene rings is 2. The number of aryl methyl sites for hydroxylation is 4. The number of halogens is 1. The zero-order valence-electron chi connectivity index (χ0n) is 13.1. The van der Waals surface area contributed by atoms with E-state index in [1.54, 1.807) is 7.11 Å². The number of hydrogen-bond acceptors (Lipinski definition) is 2. The third-order valence-corrected chi connectivity index (χ3v) is 5.10. The van der Waals surface area contributed by atoms with Crippen LogP contribution in [0.3, 0.4) is 0 Å². The Morgan fingerprint density at radius 1 is 0.905 bits per heavy atom. The Morgan fingerprint density at radius 2 is 1.48 bits per heavy atom. The molecule has 0 bridgehead atoms. The number of hydrogen-bond donors (Lipinski definition) is 1. The lowest BCUT2D eigenvalue weighted by Gasteiger charge is -2.18. The Morgan fingerprint density at radius 3 is 2.00 bits per heavy atom. The number of aliphatic hydroxyl groups is 1. The Bertz CT molecular complexity index is 654. The molecule has 1 unspecified atom stereocenters. The van der Waals surface area contributed by atoms with Crippen LogP contribution in [0.15, 0.2) is 28.7 Å². The first kappa shape index (κ1) is 16.1. The van der Waals surface area contributed by atoms with Gasteiger partial charge in [0.1, 0.15) is 11.9 Å². The molecule has 0 aliphatic rings. The predicted molar refractivity (Wildman–Crippen MR) is 90.1 cm³/mol. The van der Waals surface area contributed by atoms with Crippen LogP contribution in [0.5, 0.6) is 5.75 Å². The van der Waals surface area contributed by atoms with E-state index in [2.05, 4.69) is 15.9 Å². The number of rotatable bonds is 3. The molecule has 0 radical (unpaired) electrons. The van der Waals surface area contributed by atoms with Crippen LogP contribution in [0.2, 0.25) is 0 Å².